The number of carbonyl (C=O) groups is 3. The number of nitrogens with one attached hydrogen (secondary N) is 2. The van der Waals surface area contributed by atoms with Gasteiger partial charge in [-0.05, 0) is 72.0 Å². The highest BCUT2D eigenvalue weighted by molar-refractivity contribution is 6.11. The second-order valence-corrected chi connectivity index (χ2v) is 12.1. The Hall–Kier alpha value is -5.05. The van der Waals surface area contributed by atoms with Crippen molar-refractivity contribution in [1.29, 1.82) is 0 Å². The second-order valence-electron chi connectivity index (χ2n) is 12.1. The summed E-state index contributed by atoms with van der Waals surface area (Å²) in [6.07, 6.45) is 3.20. The van der Waals surface area contributed by atoms with Gasteiger partial charge in [-0.2, -0.15) is 0 Å². The number of anilines is 2. The van der Waals surface area contributed by atoms with Gasteiger partial charge in [-0.1, -0.05) is 26.0 Å². The van der Waals surface area contributed by atoms with Gasteiger partial charge in [0.15, 0.2) is 0 Å². The summed E-state index contributed by atoms with van der Waals surface area (Å²) >= 11 is 0. The molecule has 2 aliphatic rings. The number of aryl methyl sites for hydroxylation is 1. The van der Waals surface area contributed by atoms with Crippen molar-refractivity contribution >= 4 is 40.0 Å². The average Bonchev–Trinajstić information content (AvgIpc) is 3.49. The minimum atomic E-state index is -0.419. The van der Waals surface area contributed by atoms with Crippen LogP contribution in [0.1, 0.15) is 56.7 Å². The third-order valence-corrected chi connectivity index (χ3v) is 8.47. The molecule has 0 aliphatic carbocycles. The quantitative estimate of drug-likeness (QED) is 0.228. The van der Waals surface area contributed by atoms with Crippen molar-refractivity contribution in [2.45, 2.75) is 53.2 Å². The van der Waals surface area contributed by atoms with Crippen LogP contribution in [0.4, 0.5) is 11.4 Å². The summed E-state index contributed by atoms with van der Waals surface area (Å²) < 4.78 is 14.2. The van der Waals surface area contributed by atoms with Crippen LogP contribution in [0.5, 0.6) is 11.5 Å². The molecule has 6 rings (SSSR count). The van der Waals surface area contributed by atoms with E-state index in [4.69, 9.17) is 9.47 Å². The highest BCUT2D eigenvalue weighted by atomic mass is 16.5. The van der Waals surface area contributed by atoms with Gasteiger partial charge in [0, 0.05) is 60.5 Å². The van der Waals surface area contributed by atoms with Crippen molar-refractivity contribution in [2.24, 2.45) is 5.92 Å². The van der Waals surface area contributed by atoms with E-state index in [1.54, 1.807) is 31.4 Å². The number of amides is 3. The topological polar surface area (TPSA) is 102 Å². The Kier molecular flexibility index (Phi) is 8.10. The summed E-state index contributed by atoms with van der Waals surface area (Å²) in [4.78, 5) is 39.2. The number of benzene rings is 3. The number of rotatable bonds is 9. The van der Waals surface area contributed by atoms with E-state index in [2.05, 4.69) is 41.3 Å². The third-order valence-electron chi connectivity index (χ3n) is 8.47. The van der Waals surface area contributed by atoms with E-state index in [-0.39, 0.29) is 30.9 Å². The molecule has 1 aromatic heterocycles. The van der Waals surface area contributed by atoms with E-state index in [9.17, 15) is 14.4 Å². The predicted octanol–water partition coefficient (Wildman–Crippen LogP) is 6.43. The van der Waals surface area contributed by atoms with Crippen molar-refractivity contribution in [3.05, 3.63) is 94.8 Å². The van der Waals surface area contributed by atoms with Gasteiger partial charge in [-0.3, -0.25) is 19.3 Å². The molecule has 0 radical (unpaired) electrons. The smallest absolute Gasteiger partial charge is 0.259 e. The van der Waals surface area contributed by atoms with Crippen LogP contribution in [0.2, 0.25) is 0 Å². The van der Waals surface area contributed by atoms with E-state index in [0.717, 1.165) is 51.9 Å². The SMILES string of the molecule is COc1ccc(C2C3=C(CN(C(C)=O)C3=O)Nc3cccc4c3c2cn4CCC(C)C)cc1COc1ccc(NC(C)=O)cc1. The molecule has 1 atom stereocenters. The first-order chi connectivity index (χ1) is 21.6. The first-order valence-electron chi connectivity index (χ1n) is 15.3. The van der Waals surface area contributed by atoms with Crippen LogP contribution in [0.15, 0.2) is 78.1 Å². The van der Waals surface area contributed by atoms with Gasteiger partial charge in [0.2, 0.25) is 11.8 Å². The number of aromatic nitrogens is 1. The van der Waals surface area contributed by atoms with Crippen LogP contribution in [-0.2, 0) is 27.5 Å². The zero-order chi connectivity index (χ0) is 31.8. The largest absolute Gasteiger partial charge is 0.496 e. The van der Waals surface area contributed by atoms with Crippen molar-refractivity contribution in [1.82, 2.24) is 9.47 Å². The number of carbonyl (C=O) groups excluding carboxylic acids is 3. The molecule has 3 heterocycles. The molecule has 232 valence electrons. The fourth-order valence-corrected chi connectivity index (χ4v) is 6.29. The molecule has 0 fully saturated rings. The molecule has 4 aromatic rings. The van der Waals surface area contributed by atoms with Crippen LogP contribution >= 0.6 is 0 Å². The van der Waals surface area contributed by atoms with Crippen molar-refractivity contribution < 1.29 is 23.9 Å². The van der Waals surface area contributed by atoms with Gasteiger partial charge in [-0.15, -0.1) is 0 Å². The number of methoxy groups -OCH3 is 1. The van der Waals surface area contributed by atoms with E-state index < -0.39 is 5.92 Å². The molecule has 2 N–H and O–H groups in total. The van der Waals surface area contributed by atoms with Crippen LogP contribution in [0.3, 0.4) is 0 Å². The Balaban J connectivity index is 1.44. The zero-order valence-corrected chi connectivity index (χ0v) is 26.3. The van der Waals surface area contributed by atoms with Crippen molar-refractivity contribution in [3.63, 3.8) is 0 Å². The lowest BCUT2D eigenvalue weighted by Crippen LogP contribution is -2.33. The standard InChI is InChI=1S/C36H38N4O5/c1-21(2)15-16-39-18-28-33(35-30(19-40(23(4)42)36(35)43)38-29-7-6-8-31(39)34(28)29)24-9-14-32(44-5)25(17-24)20-45-27-12-10-26(11-13-27)37-22(3)41/h6-14,17-18,21,33,38H,15-16,19-20H2,1-5H3,(H,37,41). The van der Waals surface area contributed by atoms with Gasteiger partial charge < -0.3 is 24.7 Å². The average molecular weight is 607 g/mol. The summed E-state index contributed by atoms with van der Waals surface area (Å²) in [5.41, 5.74) is 6.79. The molecule has 3 amide bonds. The van der Waals surface area contributed by atoms with Gasteiger partial charge >= 0.3 is 0 Å². The monoisotopic (exact) mass is 606 g/mol. The number of ether oxygens (including phenoxy) is 2. The molecule has 3 aromatic carbocycles. The molecule has 9 nitrogen and oxygen atoms in total. The molecule has 2 aliphatic heterocycles. The molecule has 9 heteroatoms. The maximum atomic E-state index is 13.9. The molecule has 0 bridgehead atoms. The predicted molar refractivity (Wildman–Crippen MR) is 174 cm³/mol. The van der Waals surface area contributed by atoms with Crippen LogP contribution in [0.25, 0.3) is 10.9 Å². The summed E-state index contributed by atoms with van der Waals surface area (Å²) in [5.74, 6) is 0.723. The molecular formula is C36H38N4O5. The summed E-state index contributed by atoms with van der Waals surface area (Å²) in [6.45, 7) is 8.61. The third kappa shape index (κ3) is 5.78. The Bertz CT molecular complexity index is 1840. The van der Waals surface area contributed by atoms with Crippen molar-refractivity contribution in [2.75, 3.05) is 24.3 Å². The molecular weight excluding hydrogens is 568 g/mol. The fraction of sp³-hybridized carbons (Fsp3) is 0.306. The minimum absolute atomic E-state index is 0.139. The summed E-state index contributed by atoms with van der Waals surface area (Å²) in [6, 6.07) is 19.3. The lowest BCUT2D eigenvalue weighted by atomic mass is 9.83. The first-order valence-corrected chi connectivity index (χ1v) is 15.3. The summed E-state index contributed by atoms with van der Waals surface area (Å²) in [5, 5.41) is 7.39. The van der Waals surface area contributed by atoms with Gasteiger partial charge in [0.05, 0.1) is 24.7 Å². The van der Waals surface area contributed by atoms with Crippen LogP contribution in [-0.4, -0.2) is 40.8 Å². The maximum Gasteiger partial charge on any atom is 0.259 e. The minimum Gasteiger partial charge on any atom is -0.496 e. The van der Waals surface area contributed by atoms with Gasteiger partial charge in [-0.25, -0.2) is 0 Å². The second kappa shape index (κ2) is 12.1. The van der Waals surface area contributed by atoms with E-state index >= 15 is 0 Å². The van der Waals surface area contributed by atoms with Crippen molar-refractivity contribution in [3.8, 4) is 11.5 Å². The van der Waals surface area contributed by atoms with Crippen LogP contribution in [0, 0.1) is 5.92 Å². The highest BCUT2D eigenvalue weighted by Crippen LogP contribution is 2.47. The number of hydrogen-bond acceptors (Lipinski definition) is 6. The highest BCUT2D eigenvalue weighted by Gasteiger charge is 2.41. The molecule has 45 heavy (non-hydrogen) atoms. The molecule has 0 spiro atoms. The lowest BCUT2D eigenvalue weighted by Gasteiger charge is -2.21. The van der Waals surface area contributed by atoms with Crippen LogP contribution < -0.4 is 20.1 Å². The van der Waals surface area contributed by atoms with E-state index in [1.165, 1.54) is 18.7 Å². The van der Waals surface area contributed by atoms with E-state index in [0.29, 0.717) is 28.7 Å². The normalized spacial score (nSPS) is 15.6. The maximum absolute atomic E-state index is 13.9. The summed E-state index contributed by atoms with van der Waals surface area (Å²) in [7, 11) is 1.62. The zero-order valence-electron chi connectivity index (χ0n) is 26.3. The number of imide groups is 1. The fourth-order valence-electron chi connectivity index (χ4n) is 6.29. The Labute approximate surface area is 262 Å². The number of hydrogen-bond donors (Lipinski definition) is 2. The van der Waals surface area contributed by atoms with Gasteiger partial charge in [0.1, 0.15) is 18.1 Å². The molecule has 0 saturated heterocycles. The lowest BCUT2D eigenvalue weighted by molar-refractivity contribution is -0.139. The van der Waals surface area contributed by atoms with E-state index in [1.807, 2.05) is 30.3 Å². The Morgan fingerprint density at radius 3 is 2.53 bits per heavy atom. The van der Waals surface area contributed by atoms with Gasteiger partial charge in [0.25, 0.3) is 5.91 Å². The Morgan fingerprint density at radius 2 is 1.84 bits per heavy atom. The Morgan fingerprint density at radius 1 is 1.07 bits per heavy atom. The molecule has 0 saturated carbocycles. The first kappa shape index (κ1) is 30.0. The molecule has 1 unspecified atom stereocenters. The number of nitrogens with zero attached hydrogens (tertiary/aromatic N) is 2.